The summed E-state index contributed by atoms with van der Waals surface area (Å²) in [6, 6.07) is 7.68. The highest BCUT2D eigenvalue weighted by atomic mass is 35.5. The van der Waals surface area contributed by atoms with Gasteiger partial charge in [0.1, 0.15) is 0 Å². The maximum atomic E-state index is 5.85. The van der Waals surface area contributed by atoms with Crippen LogP contribution in [0, 0.1) is 0 Å². The van der Waals surface area contributed by atoms with Gasteiger partial charge < -0.3 is 20.1 Å². The second-order valence-electron chi connectivity index (χ2n) is 5.93. The van der Waals surface area contributed by atoms with E-state index < -0.39 is 0 Å². The predicted octanol–water partition coefficient (Wildman–Crippen LogP) is 2.59. The summed E-state index contributed by atoms with van der Waals surface area (Å²) < 4.78 is 11.4. The Kier molecular flexibility index (Phi) is 7.15. The van der Waals surface area contributed by atoms with E-state index in [1.165, 1.54) is 0 Å². The number of aliphatic imine (C=N–C) groups is 1. The van der Waals surface area contributed by atoms with Crippen LogP contribution in [0.3, 0.4) is 0 Å². The minimum absolute atomic E-state index is 0.0807. The van der Waals surface area contributed by atoms with Crippen LogP contribution in [0.5, 0.6) is 0 Å². The minimum Gasteiger partial charge on any atom is -0.375 e. The number of nitrogens with one attached hydrogen (secondary N) is 2. The number of hydrogen-bond acceptors (Lipinski definition) is 3. The van der Waals surface area contributed by atoms with Crippen LogP contribution >= 0.6 is 11.6 Å². The van der Waals surface area contributed by atoms with Crippen LogP contribution in [0.15, 0.2) is 29.3 Å². The average Bonchev–Trinajstić information content (AvgIpc) is 2.99. The highest BCUT2D eigenvalue weighted by Gasteiger charge is 2.29. The summed E-state index contributed by atoms with van der Waals surface area (Å²) in [6.07, 6.45) is 2.21. The monoisotopic (exact) mass is 339 g/mol. The normalized spacial score (nSPS) is 21.4. The van der Waals surface area contributed by atoms with E-state index in [2.05, 4.69) is 22.5 Å². The van der Waals surface area contributed by atoms with Crippen LogP contribution in [0.1, 0.15) is 25.3 Å². The van der Waals surface area contributed by atoms with E-state index >= 15 is 0 Å². The number of ether oxygens (including phenoxy) is 2. The Hall–Kier alpha value is -1.30. The van der Waals surface area contributed by atoms with Gasteiger partial charge in [-0.3, -0.25) is 4.99 Å². The van der Waals surface area contributed by atoms with Crippen LogP contribution in [-0.4, -0.2) is 44.9 Å². The molecule has 1 aliphatic rings. The zero-order valence-electron chi connectivity index (χ0n) is 13.9. The summed E-state index contributed by atoms with van der Waals surface area (Å²) in [7, 11) is 1.77. The third-order valence-electron chi connectivity index (χ3n) is 3.87. The Bertz CT molecular complexity index is 499. The first-order chi connectivity index (χ1) is 11.1. The van der Waals surface area contributed by atoms with E-state index in [1.54, 1.807) is 7.05 Å². The van der Waals surface area contributed by atoms with Gasteiger partial charge in [-0.1, -0.05) is 23.7 Å². The molecule has 1 unspecified atom stereocenters. The van der Waals surface area contributed by atoms with Crippen molar-refractivity contribution in [2.45, 2.75) is 32.0 Å². The molecule has 1 aromatic carbocycles. The molecule has 5 nitrogen and oxygen atoms in total. The number of rotatable bonds is 7. The molecule has 1 aromatic rings. The van der Waals surface area contributed by atoms with Crippen molar-refractivity contribution in [2.75, 3.05) is 33.4 Å². The largest absolute Gasteiger partial charge is 0.375 e. The topological polar surface area (TPSA) is 54.9 Å². The molecule has 2 N–H and O–H groups in total. The van der Waals surface area contributed by atoms with Crippen molar-refractivity contribution in [1.29, 1.82) is 0 Å². The Morgan fingerprint density at radius 3 is 2.78 bits per heavy atom. The summed E-state index contributed by atoms with van der Waals surface area (Å²) in [5.74, 6) is 0.775. The van der Waals surface area contributed by atoms with Gasteiger partial charge in [-0.15, -0.1) is 0 Å². The van der Waals surface area contributed by atoms with Gasteiger partial charge in [0.15, 0.2) is 5.96 Å². The molecule has 0 bridgehead atoms. The Balaban J connectivity index is 1.59. The van der Waals surface area contributed by atoms with Crippen LogP contribution in [-0.2, 0) is 16.1 Å². The van der Waals surface area contributed by atoms with Gasteiger partial charge in [-0.2, -0.15) is 0 Å². The van der Waals surface area contributed by atoms with Crippen molar-refractivity contribution >= 4 is 17.6 Å². The zero-order valence-corrected chi connectivity index (χ0v) is 14.7. The summed E-state index contributed by atoms with van der Waals surface area (Å²) in [5, 5.41) is 7.29. The van der Waals surface area contributed by atoms with Gasteiger partial charge >= 0.3 is 0 Å². The van der Waals surface area contributed by atoms with Crippen LogP contribution in [0.25, 0.3) is 0 Å². The molecular weight excluding hydrogens is 314 g/mol. The summed E-state index contributed by atoms with van der Waals surface area (Å²) in [4.78, 5) is 4.21. The van der Waals surface area contributed by atoms with E-state index in [-0.39, 0.29) is 5.60 Å². The average molecular weight is 340 g/mol. The number of guanidine groups is 1. The first kappa shape index (κ1) is 18.0. The first-order valence-electron chi connectivity index (χ1n) is 8.02. The number of halogens is 1. The van der Waals surface area contributed by atoms with Crippen molar-refractivity contribution < 1.29 is 9.47 Å². The highest BCUT2D eigenvalue weighted by molar-refractivity contribution is 6.30. The quantitative estimate of drug-likeness (QED) is 0.455. The Labute approximate surface area is 143 Å². The number of hydrogen-bond donors (Lipinski definition) is 2. The van der Waals surface area contributed by atoms with Crippen molar-refractivity contribution in [3.8, 4) is 0 Å². The molecular formula is C17H26ClN3O2. The third-order valence-corrected chi connectivity index (χ3v) is 4.13. The minimum atomic E-state index is -0.0807. The molecule has 0 aromatic heterocycles. The second kappa shape index (κ2) is 9.11. The maximum Gasteiger partial charge on any atom is 0.191 e. The van der Waals surface area contributed by atoms with Crippen LogP contribution < -0.4 is 10.6 Å². The van der Waals surface area contributed by atoms with Gasteiger partial charge in [0.25, 0.3) is 0 Å². The molecule has 0 aliphatic carbocycles. The van der Waals surface area contributed by atoms with Gasteiger partial charge in [0.05, 0.1) is 18.8 Å². The smallest absolute Gasteiger partial charge is 0.191 e. The molecule has 1 fully saturated rings. The second-order valence-corrected chi connectivity index (χ2v) is 6.37. The van der Waals surface area contributed by atoms with Crippen molar-refractivity contribution in [1.82, 2.24) is 10.6 Å². The molecule has 1 heterocycles. The molecule has 128 valence electrons. The zero-order chi connectivity index (χ0) is 16.5. The highest BCUT2D eigenvalue weighted by Crippen LogP contribution is 2.23. The van der Waals surface area contributed by atoms with E-state index in [9.17, 15) is 0 Å². The number of nitrogens with zero attached hydrogens (tertiary/aromatic N) is 1. The fourth-order valence-electron chi connectivity index (χ4n) is 2.48. The van der Waals surface area contributed by atoms with Gasteiger partial charge in [-0.05, 0) is 37.5 Å². The molecule has 23 heavy (non-hydrogen) atoms. The van der Waals surface area contributed by atoms with E-state index in [1.807, 2.05) is 24.3 Å². The SMILES string of the molecule is CN=C(NCCOCc1ccc(Cl)cc1)NCC1(C)CCCO1. The Morgan fingerprint density at radius 1 is 1.35 bits per heavy atom. The third kappa shape index (κ3) is 6.37. The van der Waals surface area contributed by atoms with Crippen molar-refractivity contribution in [2.24, 2.45) is 4.99 Å². The maximum absolute atomic E-state index is 5.85. The molecule has 0 saturated carbocycles. The standard InChI is InChI=1S/C17H26ClN3O2/c1-17(8-3-10-23-17)13-21-16(19-2)20-9-11-22-12-14-4-6-15(18)7-5-14/h4-7H,3,8-13H2,1-2H3,(H2,19,20,21). The van der Waals surface area contributed by atoms with Crippen molar-refractivity contribution in [3.05, 3.63) is 34.9 Å². The lowest BCUT2D eigenvalue weighted by molar-refractivity contribution is 0.0242. The molecule has 0 radical (unpaired) electrons. The lowest BCUT2D eigenvalue weighted by atomic mass is 10.0. The number of benzene rings is 1. The van der Waals surface area contributed by atoms with Crippen LogP contribution in [0.2, 0.25) is 5.02 Å². The fraction of sp³-hybridized carbons (Fsp3) is 0.588. The fourth-order valence-corrected chi connectivity index (χ4v) is 2.61. The lowest BCUT2D eigenvalue weighted by Gasteiger charge is -2.24. The van der Waals surface area contributed by atoms with E-state index in [0.717, 1.165) is 42.5 Å². The molecule has 1 aliphatic heterocycles. The van der Waals surface area contributed by atoms with Gasteiger partial charge in [0.2, 0.25) is 0 Å². The molecule has 0 amide bonds. The van der Waals surface area contributed by atoms with Gasteiger partial charge in [-0.25, -0.2) is 0 Å². The van der Waals surface area contributed by atoms with E-state index in [4.69, 9.17) is 21.1 Å². The molecule has 1 atom stereocenters. The lowest BCUT2D eigenvalue weighted by Crippen LogP contribution is -2.46. The van der Waals surface area contributed by atoms with E-state index in [0.29, 0.717) is 19.8 Å². The summed E-state index contributed by atoms with van der Waals surface area (Å²) in [6.45, 7) is 5.63. The van der Waals surface area contributed by atoms with Crippen LogP contribution in [0.4, 0.5) is 0 Å². The molecule has 6 heteroatoms. The Morgan fingerprint density at radius 2 is 2.13 bits per heavy atom. The predicted molar refractivity (Wildman–Crippen MR) is 94.1 cm³/mol. The molecule has 0 spiro atoms. The molecule has 1 saturated heterocycles. The van der Waals surface area contributed by atoms with Crippen molar-refractivity contribution in [3.63, 3.8) is 0 Å². The summed E-state index contributed by atoms with van der Waals surface area (Å²) in [5.41, 5.74) is 1.03. The summed E-state index contributed by atoms with van der Waals surface area (Å²) >= 11 is 5.85. The van der Waals surface area contributed by atoms with Gasteiger partial charge in [0, 0.05) is 31.8 Å². The first-order valence-corrected chi connectivity index (χ1v) is 8.40. The molecule has 2 rings (SSSR count).